The van der Waals surface area contributed by atoms with Crippen molar-refractivity contribution in [2.45, 2.75) is 0 Å². The summed E-state index contributed by atoms with van der Waals surface area (Å²) in [4.78, 5) is 31.6. The predicted octanol–water partition coefficient (Wildman–Crippen LogP) is 7.14. The van der Waals surface area contributed by atoms with Gasteiger partial charge in [-0.2, -0.15) is 0 Å². The van der Waals surface area contributed by atoms with Crippen molar-refractivity contribution in [3.63, 3.8) is 0 Å². The Morgan fingerprint density at radius 2 is 1.38 bits per heavy atom. The Morgan fingerprint density at radius 3 is 2.14 bits per heavy atom. The van der Waals surface area contributed by atoms with Crippen molar-refractivity contribution in [3.8, 4) is 5.75 Å². The van der Waals surface area contributed by atoms with E-state index in [1.807, 2.05) is 54.6 Å². The normalized spacial score (nSPS) is 10.9. The Morgan fingerprint density at radius 1 is 0.730 bits per heavy atom. The summed E-state index contributed by atoms with van der Waals surface area (Å²) in [6, 6.07) is 24.5. The molecule has 0 amide bonds. The van der Waals surface area contributed by atoms with Gasteiger partial charge in [0, 0.05) is 21.5 Å². The van der Waals surface area contributed by atoms with Gasteiger partial charge in [0.25, 0.3) is 0 Å². The molecule has 2 aromatic heterocycles. The monoisotopic (exact) mass is 530 g/mol. The summed E-state index contributed by atoms with van der Waals surface area (Å²) in [6.07, 6.45) is 0. The van der Waals surface area contributed by atoms with Crippen LogP contribution in [0, 0.1) is 0 Å². The smallest absolute Gasteiger partial charge is 0.358 e. The summed E-state index contributed by atoms with van der Waals surface area (Å²) in [6.45, 7) is 0. The fourth-order valence-electron chi connectivity index (χ4n) is 4.09. The standard InChI is InChI=1S/C14H7Cl2NO2.C14H9NO3/c15-12-8-4-1-2-7-11(8)17-13-9(12)5-3-6-10(13)14(18)19-16;16-12-6-5-9(14(17)18)13-10(12)7-8-3-1-2-4-11(8)15-13/h1-7H;1-7,16H,(H,17,18). The molecule has 0 bridgehead atoms. The van der Waals surface area contributed by atoms with E-state index < -0.39 is 11.9 Å². The van der Waals surface area contributed by atoms with Crippen molar-refractivity contribution in [1.29, 1.82) is 0 Å². The molecule has 0 aliphatic rings. The SMILES string of the molecule is O=C(O)c1ccc(O)c2cc3ccccc3nc12.O=C(OCl)c1cccc2c(Cl)c3ccccc3nc12. The number of nitrogens with zero attached hydrogens (tertiary/aromatic N) is 2. The molecular weight excluding hydrogens is 515 g/mol. The number of halogens is 2. The van der Waals surface area contributed by atoms with E-state index in [1.165, 1.54) is 12.1 Å². The van der Waals surface area contributed by atoms with Crippen LogP contribution in [-0.2, 0) is 4.29 Å². The number of rotatable bonds is 2. The van der Waals surface area contributed by atoms with Crippen molar-refractivity contribution >= 4 is 79.0 Å². The molecule has 4 aromatic carbocycles. The molecule has 0 aliphatic heterocycles. The number of pyridine rings is 2. The maximum atomic E-state index is 11.6. The maximum absolute atomic E-state index is 11.6. The number of para-hydroxylation sites is 3. The number of carboxylic acids is 1. The fraction of sp³-hybridized carbons (Fsp3) is 0. The first kappa shape index (κ1) is 24.2. The minimum absolute atomic E-state index is 0.0354. The number of fused-ring (bicyclic) bond motifs is 4. The number of aromatic hydroxyl groups is 1. The summed E-state index contributed by atoms with van der Waals surface area (Å²) in [7, 11) is 0. The maximum Gasteiger partial charge on any atom is 0.358 e. The van der Waals surface area contributed by atoms with Crippen molar-refractivity contribution < 1.29 is 24.1 Å². The number of aromatic carboxylic acids is 1. The molecule has 37 heavy (non-hydrogen) atoms. The molecule has 2 heterocycles. The third kappa shape index (κ3) is 4.46. The second-order valence-electron chi connectivity index (χ2n) is 8.02. The molecule has 0 saturated heterocycles. The molecule has 0 fully saturated rings. The number of hydrogen-bond acceptors (Lipinski definition) is 6. The highest BCUT2D eigenvalue weighted by molar-refractivity contribution is 6.40. The molecule has 0 unspecified atom stereocenters. The van der Waals surface area contributed by atoms with Gasteiger partial charge in [0.2, 0.25) is 0 Å². The molecule has 0 saturated carbocycles. The van der Waals surface area contributed by atoms with Gasteiger partial charge in [0.05, 0.1) is 38.2 Å². The number of aromatic nitrogens is 2. The molecule has 182 valence electrons. The van der Waals surface area contributed by atoms with Gasteiger partial charge in [-0.15, -0.1) is 0 Å². The van der Waals surface area contributed by atoms with E-state index in [1.54, 1.807) is 18.2 Å². The highest BCUT2D eigenvalue weighted by Crippen LogP contribution is 2.32. The van der Waals surface area contributed by atoms with Crippen molar-refractivity contribution in [3.05, 3.63) is 101 Å². The van der Waals surface area contributed by atoms with Gasteiger partial charge in [-0.1, -0.05) is 60.1 Å². The van der Waals surface area contributed by atoms with Crippen LogP contribution in [0.4, 0.5) is 0 Å². The molecule has 0 spiro atoms. The van der Waals surface area contributed by atoms with E-state index >= 15 is 0 Å². The molecule has 2 N–H and O–H groups in total. The number of carboxylic acid groups (broad SMARTS) is 1. The number of hydrogen-bond donors (Lipinski definition) is 2. The average Bonchev–Trinajstić information content (AvgIpc) is 2.92. The number of benzene rings is 4. The Hall–Kier alpha value is -4.46. The summed E-state index contributed by atoms with van der Waals surface area (Å²) in [5.41, 5.74) is 2.60. The average molecular weight is 531 g/mol. The topological polar surface area (TPSA) is 110 Å². The van der Waals surface area contributed by atoms with Crippen LogP contribution in [0.25, 0.3) is 43.6 Å². The summed E-state index contributed by atoms with van der Waals surface area (Å²) < 4.78 is 4.25. The van der Waals surface area contributed by atoms with Crippen LogP contribution in [0.5, 0.6) is 5.75 Å². The third-order valence-corrected chi connectivity index (χ3v) is 6.38. The molecule has 7 nitrogen and oxygen atoms in total. The van der Waals surface area contributed by atoms with Crippen LogP contribution < -0.4 is 0 Å². The van der Waals surface area contributed by atoms with Gasteiger partial charge >= 0.3 is 11.9 Å². The van der Waals surface area contributed by atoms with E-state index in [4.69, 9.17) is 28.6 Å². The van der Waals surface area contributed by atoms with E-state index in [2.05, 4.69) is 14.3 Å². The molecule has 0 radical (unpaired) electrons. The second kappa shape index (κ2) is 9.89. The lowest BCUT2D eigenvalue weighted by atomic mass is 10.1. The quantitative estimate of drug-likeness (QED) is 0.229. The molecule has 6 rings (SSSR count). The van der Waals surface area contributed by atoms with Crippen LogP contribution in [0.15, 0.2) is 84.9 Å². The number of phenolic OH excluding ortho intramolecular Hbond substituents is 1. The summed E-state index contributed by atoms with van der Waals surface area (Å²) >= 11 is 11.5. The first-order chi connectivity index (χ1) is 17.9. The Bertz CT molecular complexity index is 1860. The Kier molecular flexibility index (Phi) is 6.48. The minimum atomic E-state index is -1.05. The van der Waals surface area contributed by atoms with Gasteiger partial charge in [0.15, 0.2) is 0 Å². The van der Waals surface area contributed by atoms with Gasteiger partial charge in [-0.05, 0) is 36.4 Å². The molecule has 6 aromatic rings. The lowest BCUT2D eigenvalue weighted by Gasteiger charge is -2.07. The molecule has 0 aliphatic carbocycles. The number of carbonyl (C=O) groups is 2. The largest absolute Gasteiger partial charge is 0.507 e. The van der Waals surface area contributed by atoms with E-state index in [9.17, 15) is 14.7 Å². The summed E-state index contributed by atoms with van der Waals surface area (Å²) in [5.74, 6) is -1.66. The van der Waals surface area contributed by atoms with E-state index in [-0.39, 0.29) is 11.3 Å². The van der Waals surface area contributed by atoms with Crippen LogP contribution in [0.1, 0.15) is 20.7 Å². The Balaban J connectivity index is 0.000000152. The van der Waals surface area contributed by atoms with Crippen LogP contribution in [0.2, 0.25) is 5.02 Å². The Labute approximate surface area is 219 Å². The highest BCUT2D eigenvalue weighted by atomic mass is 35.5. The first-order valence-corrected chi connectivity index (χ1v) is 11.6. The predicted molar refractivity (Wildman–Crippen MR) is 143 cm³/mol. The molecular formula is C28H16Cl2N2O5. The number of phenols is 1. The second-order valence-corrected chi connectivity index (χ2v) is 8.56. The highest BCUT2D eigenvalue weighted by Gasteiger charge is 2.16. The molecule has 0 atom stereocenters. The first-order valence-electron chi connectivity index (χ1n) is 10.9. The van der Waals surface area contributed by atoms with E-state index in [0.29, 0.717) is 37.9 Å². The zero-order valence-electron chi connectivity index (χ0n) is 18.9. The lowest BCUT2D eigenvalue weighted by Crippen LogP contribution is -2.00. The van der Waals surface area contributed by atoms with E-state index in [0.717, 1.165) is 16.3 Å². The lowest BCUT2D eigenvalue weighted by molar-refractivity contribution is 0.0697. The van der Waals surface area contributed by atoms with Crippen molar-refractivity contribution in [2.75, 3.05) is 0 Å². The van der Waals surface area contributed by atoms with Crippen LogP contribution in [0.3, 0.4) is 0 Å². The van der Waals surface area contributed by atoms with Gasteiger partial charge in [-0.3, -0.25) is 0 Å². The zero-order valence-corrected chi connectivity index (χ0v) is 20.4. The molecule has 9 heteroatoms. The van der Waals surface area contributed by atoms with Gasteiger partial charge in [-0.25, -0.2) is 19.6 Å². The van der Waals surface area contributed by atoms with Crippen molar-refractivity contribution in [1.82, 2.24) is 9.97 Å². The van der Waals surface area contributed by atoms with Gasteiger partial charge < -0.3 is 14.5 Å². The third-order valence-electron chi connectivity index (χ3n) is 5.83. The van der Waals surface area contributed by atoms with Crippen LogP contribution in [-0.4, -0.2) is 32.1 Å². The number of carbonyl (C=O) groups excluding carboxylic acids is 1. The zero-order chi connectivity index (χ0) is 26.1. The van der Waals surface area contributed by atoms with Crippen molar-refractivity contribution in [2.24, 2.45) is 0 Å². The van der Waals surface area contributed by atoms with Gasteiger partial charge in [0.1, 0.15) is 17.6 Å². The minimum Gasteiger partial charge on any atom is -0.507 e. The fourth-order valence-corrected chi connectivity index (χ4v) is 4.49. The van der Waals surface area contributed by atoms with Crippen LogP contribution >= 0.6 is 23.5 Å². The summed E-state index contributed by atoms with van der Waals surface area (Å²) in [5, 5.41) is 22.3.